The first-order valence-corrected chi connectivity index (χ1v) is 9.29. The molecule has 5 heteroatoms. The molecule has 2 N–H and O–H groups in total. The summed E-state index contributed by atoms with van der Waals surface area (Å²) >= 11 is 0. The number of H-pyrrole nitrogens is 1. The Balaban J connectivity index is 1.23. The smallest absolute Gasteiger partial charge is 0.251 e. The van der Waals surface area contributed by atoms with Crippen LogP contribution in [0.5, 0.6) is 0 Å². The van der Waals surface area contributed by atoms with Gasteiger partial charge in [0.2, 0.25) is 0 Å². The molecule has 2 aliphatic rings. The molecule has 0 saturated carbocycles. The third-order valence-electron chi connectivity index (χ3n) is 5.74. The minimum atomic E-state index is -0.0141. The molecular weight excluding hydrogens is 316 g/mol. The number of benzene rings is 1. The van der Waals surface area contributed by atoms with E-state index in [1.54, 1.807) is 0 Å². The lowest BCUT2D eigenvalue weighted by Crippen LogP contribution is -2.41. The first-order chi connectivity index (χ1) is 12.2. The summed E-state index contributed by atoms with van der Waals surface area (Å²) in [5.74, 6) is -0.0141. The molecule has 1 atom stereocenters. The molecule has 25 heavy (non-hydrogen) atoms. The monoisotopic (exact) mass is 342 g/mol. The molecule has 2 saturated heterocycles. The van der Waals surface area contributed by atoms with Gasteiger partial charge in [0.05, 0.1) is 12.7 Å². The van der Waals surface area contributed by atoms with E-state index in [0.717, 1.165) is 56.4 Å². The van der Waals surface area contributed by atoms with Crippen molar-refractivity contribution in [2.75, 3.05) is 26.4 Å². The molecule has 0 bridgehead atoms. The molecule has 1 aromatic heterocycles. The average Bonchev–Trinajstić information content (AvgIpc) is 3.12. The number of hydrogen-bond donors (Lipinski definition) is 2. The quantitative estimate of drug-likeness (QED) is 0.896. The zero-order chi connectivity index (χ0) is 17.1. The van der Waals surface area contributed by atoms with Crippen LogP contribution in [0.3, 0.4) is 0 Å². The van der Waals surface area contributed by atoms with Crippen molar-refractivity contribution in [1.82, 2.24) is 10.3 Å². The molecule has 2 aromatic rings. The number of rotatable bonds is 4. The molecule has 0 aliphatic carbocycles. The van der Waals surface area contributed by atoms with Gasteiger partial charge < -0.3 is 19.8 Å². The van der Waals surface area contributed by atoms with Gasteiger partial charge in [-0.1, -0.05) is 0 Å². The lowest BCUT2D eigenvalue weighted by Gasteiger charge is -2.42. The molecule has 5 nitrogen and oxygen atoms in total. The lowest BCUT2D eigenvalue weighted by molar-refractivity contribution is -0.106. The van der Waals surface area contributed by atoms with Crippen LogP contribution in [0, 0.1) is 5.41 Å². The van der Waals surface area contributed by atoms with Gasteiger partial charge in [-0.15, -0.1) is 0 Å². The lowest BCUT2D eigenvalue weighted by atomic mass is 9.75. The maximum atomic E-state index is 12.3. The number of aromatic nitrogens is 1. The Morgan fingerprint density at radius 2 is 2.12 bits per heavy atom. The highest BCUT2D eigenvalue weighted by Crippen LogP contribution is 2.40. The van der Waals surface area contributed by atoms with Crippen LogP contribution in [0.2, 0.25) is 0 Å². The van der Waals surface area contributed by atoms with E-state index in [4.69, 9.17) is 9.47 Å². The molecule has 1 unspecified atom stereocenters. The SMILES string of the molecule is O=C(NCCC1CCC2(CCOCC2)CO1)c1ccc2[nH]ccc2c1. The summed E-state index contributed by atoms with van der Waals surface area (Å²) in [7, 11) is 0. The van der Waals surface area contributed by atoms with E-state index < -0.39 is 0 Å². The maximum Gasteiger partial charge on any atom is 0.251 e. The normalized spacial score (nSPS) is 23.0. The van der Waals surface area contributed by atoms with Crippen molar-refractivity contribution in [3.63, 3.8) is 0 Å². The van der Waals surface area contributed by atoms with Gasteiger partial charge >= 0.3 is 0 Å². The standard InChI is InChI=1S/C20H26N2O3/c23-19(16-1-2-18-15(13-16)4-9-21-18)22-10-5-17-3-6-20(14-25-17)7-11-24-12-8-20/h1-2,4,9,13,17,21H,3,5-8,10-12,14H2,(H,22,23). The summed E-state index contributed by atoms with van der Waals surface area (Å²) in [4.78, 5) is 15.5. The highest BCUT2D eigenvalue weighted by atomic mass is 16.5. The third-order valence-corrected chi connectivity index (χ3v) is 5.74. The fourth-order valence-electron chi connectivity index (χ4n) is 3.99. The van der Waals surface area contributed by atoms with Gasteiger partial charge in [0.1, 0.15) is 0 Å². The summed E-state index contributed by atoms with van der Waals surface area (Å²) in [5, 5.41) is 4.09. The van der Waals surface area contributed by atoms with Crippen LogP contribution < -0.4 is 5.32 Å². The van der Waals surface area contributed by atoms with Crippen molar-refractivity contribution in [1.29, 1.82) is 0 Å². The Bertz CT molecular complexity index is 723. The molecule has 1 spiro atoms. The number of carbonyl (C=O) groups excluding carboxylic acids is 1. The van der Waals surface area contributed by atoms with E-state index >= 15 is 0 Å². The van der Waals surface area contributed by atoms with Gasteiger partial charge in [0.25, 0.3) is 5.91 Å². The number of nitrogens with one attached hydrogen (secondary N) is 2. The summed E-state index contributed by atoms with van der Waals surface area (Å²) in [5.41, 5.74) is 2.11. The second-order valence-corrected chi connectivity index (χ2v) is 7.41. The largest absolute Gasteiger partial charge is 0.381 e. The first-order valence-electron chi connectivity index (χ1n) is 9.29. The van der Waals surface area contributed by atoms with Crippen LogP contribution in [-0.4, -0.2) is 43.4 Å². The Kier molecular flexibility index (Phi) is 4.77. The van der Waals surface area contributed by atoms with Gasteiger partial charge in [-0.2, -0.15) is 0 Å². The van der Waals surface area contributed by atoms with Gasteiger partial charge in [-0.3, -0.25) is 4.79 Å². The Labute approximate surface area is 148 Å². The number of amides is 1. The van der Waals surface area contributed by atoms with Crippen LogP contribution in [0.25, 0.3) is 10.9 Å². The minimum Gasteiger partial charge on any atom is -0.381 e. The van der Waals surface area contributed by atoms with E-state index in [-0.39, 0.29) is 12.0 Å². The molecule has 4 rings (SSSR count). The summed E-state index contributed by atoms with van der Waals surface area (Å²) in [6.45, 7) is 3.25. The van der Waals surface area contributed by atoms with Crippen LogP contribution in [0.4, 0.5) is 0 Å². The molecular formula is C20H26N2O3. The number of hydrogen-bond acceptors (Lipinski definition) is 3. The molecule has 1 amide bonds. The second kappa shape index (κ2) is 7.18. The van der Waals surface area contributed by atoms with Crippen LogP contribution in [0.15, 0.2) is 30.5 Å². The van der Waals surface area contributed by atoms with Crippen LogP contribution in [0.1, 0.15) is 42.5 Å². The summed E-state index contributed by atoms with van der Waals surface area (Å²) in [6, 6.07) is 7.71. The first kappa shape index (κ1) is 16.6. The number of fused-ring (bicyclic) bond motifs is 1. The predicted molar refractivity (Wildman–Crippen MR) is 96.7 cm³/mol. The van der Waals surface area contributed by atoms with E-state index in [9.17, 15) is 4.79 Å². The van der Waals surface area contributed by atoms with E-state index in [1.807, 2.05) is 30.5 Å². The van der Waals surface area contributed by atoms with Crippen molar-refractivity contribution in [2.24, 2.45) is 5.41 Å². The molecule has 1 aromatic carbocycles. The predicted octanol–water partition coefficient (Wildman–Crippen LogP) is 3.26. The Morgan fingerprint density at radius 3 is 2.92 bits per heavy atom. The van der Waals surface area contributed by atoms with Gasteiger partial charge in [0, 0.05) is 42.4 Å². The minimum absolute atomic E-state index is 0.0141. The van der Waals surface area contributed by atoms with E-state index in [1.165, 1.54) is 6.42 Å². The highest BCUT2D eigenvalue weighted by Gasteiger charge is 2.37. The molecule has 3 heterocycles. The van der Waals surface area contributed by atoms with E-state index in [0.29, 0.717) is 17.5 Å². The maximum absolute atomic E-state index is 12.3. The van der Waals surface area contributed by atoms with Crippen molar-refractivity contribution >= 4 is 16.8 Å². The van der Waals surface area contributed by atoms with Crippen LogP contribution in [-0.2, 0) is 9.47 Å². The summed E-state index contributed by atoms with van der Waals surface area (Å²) < 4.78 is 11.6. The molecule has 2 aliphatic heterocycles. The van der Waals surface area contributed by atoms with Crippen LogP contribution >= 0.6 is 0 Å². The van der Waals surface area contributed by atoms with Gasteiger partial charge in [0.15, 0.2) is 0 Å². The molecule has 0 radical (unpaired) electrons. The fourth-order valence-corrected chi connectivity index (χ4v) is 3.99. The van der Waals surface area contributed by atoms with Crippen molar-refractivity contribution < 1.29 is 14.3 Å². The Morgan fingerprint density at radius 1 is 1.24 bits per heavy atom. The topological polar surface area (TPSA) is 63.4 Å². The second-order valence-electron chi connectivity index (χ2n) is 7.41. The Hall–Kier alpha value is -1.85. The van der Waals surface area contributed by atoms with Gasteiger partial charge in [-0.05, 0) is 61.8 Å². The van der Waals surface area contributed by atoms with Crippen molar-refractivity contribution in [3.05, 3.63) is 36.0 Å². The molecule has 2 fully saturated rings. The summed E-state index contributed by atoms with van der Waals surface area (Å²) in [6.07, 6.45) is 7.59. The van der Waals surface area contributed by atoms with Gasteiger partial charge in [-0.25, -0.2) is 0 Å². The van der Waals surface area contributed by atoms with Crippen molar-refractivity contribution in [3.8, 4) is 0 Å². The fraction of sp³-hybridized carbons (Fsp3) is 0.550. The number of aromatic amines is 1. The van der Waals surface area contributed by atoms with Crippen molar-refractivity contribution in [2.45, 2.75) is 38.2 Å². The third kappa shape index (κ3) is 3.72. The zero-order valence-electron chi connectivity index (χ0n) is 14.6. The zero-order valence-corrected chi connectivity index (χ0v) is 14.6. The van der Waals surface area contributed by atoms with E-state index in [2.05, 4.69) is 10.3 Å². The highest BCUT2D eigenvalue weighted by molar-refractivity contribution is 5.98. The molecule has 134 valence electrons. The number of ether oxygens (including phenoxy) is 2. The number of carbonyl (C=O) groups is 1. The average molecular weight is 342 g/mol.